The Morgan fingerprint density at radius 2 is 1.62 bits per heavy atom. The number of pyridine rings is 1. The molecule has 0 bridgehead atoms. The summed E-state index contributed by atoms with van der Waals surface area (Å²) < 4.78 is 10.5. The maximum atomic E-state index is 12.9. The van der Waals surface area contributed by atoms with E-state index in [2.05, 4.69) is 10.3 Å². The van der Waals surface area contributed by atoms with Crippen molar-refractivity contribution in [3.63, 3.8) is 0 Å². The summed E-state index contributed by atoms with van der Waals surface area (Å²) in [5, 5.41) is 2.74. The second-order valence-corrected chi connectivity index (χ2v) is 7.15. The first kappa shape index (κ1) is 21.0. The third-order valence-corrected chi connectivity index (χ3v) is 5.24. The summed E-state index contributed by atoms with van der Waals surface area (Å²) in [6, 6.07) is 13.3. The zero-order valence-corrected chi connectivity index (χ0v) is 17.6. The lowest BCUT2D eigenvalue weighted by molar-refractivity contribution is 0.0656. The number of hydrogen-bond donors (Lipinski definition) is 1. The number of nitrogens with one attached hydrogen (secondary N) is 1. The van der Waals surface area contributed by atoms with Crippen molar-refractivity contribution in [2.75, 3.05) is 26.1 Å². The maximum Gasteiger partial charge on any atom is 0.261 e. The fourth-order valence-corrected chi connectivity index (χ4v) is 3.55. The van der Waals surface area contributed by atoms with Crippen LogP contribution in [-0.4, -0.2) is 48.4 Å². The molecule has 0 saturated carbocycles. The minimum Gasteiger partial charge on any atom is -0.493 e. The lowest BCUT2D eigenvalue weighted by Gasteiger charge is -2.14. The Labute approximate surface area is 184 Å². The van der Waals surface area contributed by atoms with E-state index < -0.39 is 5.91 Å². The highest BCUT2D eigenvalue weighted by Crippen LogP contribution is 2.29. The second-order valence-electron chi connectivity index (χ2n) is 7.15. The smallest absolute Gasteiger partial charge is 0.261 e. The molecule has 2 aromatic carbocycles. The van der Waals surface area contributed by atoms with E-state index in [1.807, 2.05) is 12.1 Å². The van der Waals surface area contributed by atoms with Crippen molar-refractivity contribution < 1.29 is 23.9 Å². The highest BCUT2D eigenvalue weighted by Gasteiger charge is 2.35. The van der Waals surface area contributed by atoms with Crippen molar-refractivity contribution in [2.45, 2.75) is 6.42 Å². The van der Waals surface area contributed by atoms with Crippen LogP contribution in [0.25, 0.3) is 0 Å². The van der Waals surface area contributed by atoms with E-state index in [9.17, 15) is 14.4 Å². The second kappa shape index (κ2) is 8.89. The van der Waals surface area contributed by atoms with Crippen molar-refractivity contribution in [1.29, 1.82) is 0 Å². The van der Waals surface area contributed by atoms with E-state index in [0.29, 0.717) is 34.7 Å². The molecule has 1 aliphatic heterocycles. The standard InChI is InChI=1S/C24H21N3O5/c1-31-20-6-3-15(13-21(20)32-2)9-12-27-23(29)18-5-4-16(14-19(18)24(27)30)22(28)26-17-7-10-25-11-8-17/h3-8,10-11,13-14H,9,12H2,1-2H3,(H,25,26,28). The van der Waals surface area contributed by atoms with E-state index >= 15 is 0 Å². The molecule has 2 heterocycles. The van der Waals surface area contributed by atoms with Gasteiger partial charge in [0.2, 0.25) is 0 Å². The van der Waals surface area contributed by atoms with Crippen molar-refractivity contribution in [1.82, 2.24) is 9.88 Å². The molecule has 8 nitrogen and oxygen atoms in total. The number of anilines is 1. The van der Waals surface area contributed by atoms with Gasteiger partial charge in [-0.15, -0.1) is 0 Å². The van der Waals surface area contributed by atoms with Crippen LogP contribution in [0.2, 0.25) is 0 Å². The highest BCUT2D eigenvalue weighted by atomic mass is 16.5. The molecule has 0 radical (unpaired) electrons. The Kier molecular flexibility index (Phi) is 5.85. The predicted molar refractivity (Wildman–Crippen MR) is 117 cm³/mol. The average molecular weight is 431 g/mol. The van der Waals surface area contributed by atoms with Crippen LogP contribution in [0.5, 0.6) is 11.5 Å². The van der Waals surface area contributed by atoms with E-state index in [4.69, 9.17) is 9.47 Å². The Hall–Kier alpha value is -4.20. The van der Waals surface area contributed by atoms with E-state index in [1.165, 1.54) is 17.0 Å². The number of amides is 3. The highest BCUT2D eigenvalue weighted by molar-refractivity contribution is 6.22. The molecule has 1 N–H and O–H groups in total. The first-order valence-electron chi connectivity index (χ1n) is 9.94. The molecule has 0 saturated heterocycles. The molecule has 0 spiro atoms. The summed E-state index contributed by atoms with van der Waals surface area (Å²) in [5.74, 6) is 0.0328. The molecule has 0 aliphatic carbocycles. The molecule has 0 fully saturated rings. The van der Waals surface area contributed by atoms with Crippen molar-refractivity contribution in [3.05, 3.63) is 83.2 Å². The molecular formula is C24H21N3O5. The van der Waals surface area contributed by atoms with E-state index in [1.54, 1.807) is 50.9 Å². The molecule has 1 aliphatic rings. The predicted octanol–water partition coefficient (Wildman–Crippen LogP) is 3.19. The van der Waals surface area contributed by atoms with Gasteiger partial charge in [0.15, 0.2) is 11.5 Å². The summed E-state index contributed by atoms with van der Waals surface area (Å²) in [4.78, 5) is 43.3. The first-order chi connectivity index (χ1) is 15.5. The van der Waals surface area contributed by atoms with Gasteiger partial charge in [-0.25, -0.2) is 0 Å². The van der Waals surface area contributed by atoms with Gasteiger partial charge in [0, 0.05) is 30.2 Å². The van der Waals surface area contributed by atoms with Crippen molar-refractivity contribution in [3.8, 4) is 11.5 Å². The summed E-state index contributed by atoms with van der Waals surface area (Å²) in [6.45, 7) is 0.209. The van der Waals surface area contributed by atoms with Gasteiger partial charge in [-0.05, 0) is 54.4 Å². The third kappa shape index (κ3) is 4.02. The number of ether oxygens (including phenoxy) is 2. The van der Waals surface area contributed by atoms with Gasteiger partial charge in [-0.3, -0.25) is 24.3 Å². The molecule has 3 amide bonds. The Morgan fingerprint density at radius 3 is 2.34 bits per heavy atom. The Bertz CT molecular complexity index is 1190. The van der Waals surface area contributed by atoms with E-state index in [-0.39, 0.29) is 23.9 Å². The van der Waals surface area contributed by atoms with Gasteiger partial charge in [-0.2, -0.15) is 0 Å². The lowest BCUT2D eigenvalue weighted by atomic mass is 10.1. The van der Waals surface area contributed by atoms with Crippen LogP contribution in [0, 0.1) is 0 Å². The fraction of sp³-hybridized carbons (Fsp3) is 0.167. The number of nitrogens with zero attached hydrogens (tertiary/aromatic N) is 2. The Balaban J connectivity index is 1.48. The number of carbonyl (C=O) groups is 3. The minimum absolute atomic E-state index is 0.209. The number of carbonyl (C=O) groups excluding carboxylic acids is 3. The Morgan fingerprint density at radius 1 is 0.906 bits per heavy atom. The molecule has 0 unspecified atom stereocenters. The summed E-state index contributed by atoms with van der Waals surface area (Å²) >= 11 is 0. The van der Waals surface area contributed by atoms with Crippen LogP contribution in [-0.2, 0) is 6.42 Å². The average Bonchev–Trinajstić information content (AvgIpc) is 3.07. The molecule has 162 valence electrons. The van der Waals surface area contributed by atoms with Gasteiger partial charge < -0.3 is 14.8 Å². The van der Waals surface area contributed by atoms with Crippen LogP contribution in [0.1, 0.15) is 36.6 Å². The van der Waals surface area contributed by atoms with Crippen LogP contribution in [0.4, 0.5) is 5.69 Å². The van der Waals surface area contributed by atoms with Gasteiger partial charge in [0.25, 0.3) is 17.7 Å². The number of aromatic nitrogens is 1. The van der Waals surface area contributed by atoms with Crippen LogP contribution < -0.4 is 14.8 Å². The molecule has 4 rings (SSSR count). The zero-order chi connectivity index (χ0) is 22.7. The van der Waals surface area contributed by atoms with Gasteiger partial charge in [0.1, 0.15) is 0 Å². The number of fused-ring (bicyclic) bond motifs is 1. The molecular weight excluding hydrogens is 410 g/mol. The largest absolute Gasteiger partial charge is 0.493 e. The molecule has 3 aromatic rings. The molecule has 0 atom stereocenters. The first-order valence-corrected chi connectivity index (χ1v) is 9.94. The summed E-state index contributed by atoms with van der Waals surface area (Å²) in [6.07, 6.45) is 3.59. The number of imide groups is 1. The number of hydrogen-bond acceptors (Lipinski definition) is 6. The normalized spacial score (nSPS) is 12.5. The van der Waals surface area contributed by atoms with Gasteiger partial charge >= 0.3 is 0 Å². The van der Waals surface area contributed by atoms with Crippen molar-refractivity contribution >= 4 is 23.4 Å². The SMILES string of the molecule is COc1ccc(CCN2C(=O)c3ccc(C(=O)Nc4ccncc4)cc3C2=O)cc1OC. The van der Waals surface area contributed by atoms with Crippen molar-refractivity contribution in [2.24, 2.45) is 0 Å². The monoisotopic (exact) mass is 431 g/mol. The lowest BCUT2D eigenvalue weighted by Crippen LogP contribution is -2.31. The van der Waals surface area contributed by atoms with Crippen LogP contribution in [0.3, 0.4) is 0 Å². The summed E-state index contributed by atoms with van der Waals surface area (Å²) in [7, 11) is 3.11. The molecule has 32 heavy (non-hydrogen) atoms. The quantitative estimate of drug-likeness (QED) is 0.577. The topological polar surface area (TPSA) is 97.8 Å². The maximum absolute atomic E-state index is 12.9. The van der Waals surface area contributed by atoms with Crippen LogP contribution >= 0.6 is 0 Å². The molecule has 1 aromatic heterocycles. The van der Waals surface area contributed by atoms with E-state index in [0.717, 1.165) is 5.56 Å². The zero-order valence-electron chi connectivity index (χ0n) is 17.6. The van der Waals surface area contributed by atoms with Crippen LogP contribution in [0.15, 0.2) is 60.9 Å². The van der Waals surface area contributed by atoms with Gasteiger partial charge in [0.05, 0.1) is 25.3 Å². The third-order valence-electron chi connectivity index (χ3n) is 5.24. The number of benzene rings is 2. The molecule has 8 heteroatoms. The minimum atomic E-state index is -0.413. The summed E-state index contributed by atoms with van der Waals surface area (Å²) in [5.41, 5.74) is 2.30. The number of rotatable bonds is 7. The van der Waals surface area contributed by atoms with Gasteiger partial charge in [-0.1, -0.05) is 6.07 Å². The number of methoxy groups -OCH3 is 2. The fourth-order valence-electron chi connectivity index (χ4n) is 3.55.